The molecule has 1 amide bonds. The molecule has 0 fully saturated rings. The highest BCUT2D eigenvalue weighted by atomic mass is 35.5. The van der Waals surface area contributed by atoms with Gasteiger partial charge >= 0.3 is 0 Å². The first-order chi connectivity index (χ1) is 12.0. The van der Waals surface area contributed by atoms with Crippen LogP contribution in [-0.2, 0) is 0 Å². The summed E-state index contributed by atoms with van der Waals surface area (Å²) in [6.07, 6.45) is 1.52. The molecular formula is C18H14Cl2N4O. The van der Waals surface area contributed by atoms with Crippen LogP contribution in [0.3, 0.4) is 0 Å². The van der Waals surface area contributed by atoms with Gasteiger partial charge in [-0.15, -0.1) is 0 Å². The molecule has 0 aliphatic rings. The van der Waals surface area contributed by atoms with Crippen LogP contribution in [0, 0.1) is 6.92 Å². The van der Waals surface area contributed by atoms with E-state index in [2.05, 4.69) is 20.6 Å². The highest BCUT2D eigenvalue weighted by Gasteiger charge is 2.11. The number of benzene rings is 2. The molecule has 0 spiro atoms. The SMILES string of the molecule is Cc1ccccc1Nc1nccc(C(=O)Nc2cc(Cl)cc(Cl)c2)n1. The van der Waals surface area contributed by atoms with Crippen LogP contribution in [0.5, 0.6) is 0 Å². The minimum Gasteiger partial charge on any atom is -0.324 e. The number of para-hydroxylation sites is 1. The number of halogens is 2. The van der Waals surface area contributed by atoms with Gasteiger partial charge in [0.15, 0.2) is 0 Å². The largest absolute Gasteiger partial charge is 0.324 e. The third kappa shape index (κ3) is 4.47. The summed E-state index contributed by atoms with van der Waals surface area (Å²) in [6, 6.07) is 14.1. The summed E-state index contributed by atoms with van der Waals surface area (Å²) < 4.78 is 0. The Balaban J connectivity index is 1.78. The Bertz CT molecular complexity index is 910. The molecule has 0 saturated carbocycles. The van der Waals surface area contributed by atoms with Gasteiger partial charge in [-0.2, -0.15) is 0 Å². The molecule has 3 rings (SSSR count). The molecule has 0 radical (unpaired) electrons. The maximum Gasteiger partial charge on any atom is 0.274 e. The lowest BCUT2D eigenvalue weighted by Gasteiger charge is -2.09. The van der Waals surface area contributed by atoms with E-state index in [1.54, 1.807) is 18.2 Å². The maximum atomic E-state index is 12.4. The minimum absolute atomic E-state index is 0.224. The van der Waals surface area contributed by atoms with Crippen LogP contribution in [-0.4, -0.2) is 15.9 Å². The van der Waals surface area contributed by atoms with Crippen LogP contribution in [0.25, 0.3) is 0 Å². The summed E-state index contributed by atoms with van der Waals surface area (Å²) in [6.45, 7) is 1.97. The molecule has 0 bridgehead atoms. The van der Waals surface area contributed by atoms with Gasteiger partial charge < -0.3 is 10.6 Å². The van der Waals surface area contributed by atoms with Gasteiger partial charge in [0.05, 0.1) is 0 Å². The van der Waals surface area contributed by atoms with Crippen molar-refractivity contribution in [1.82, 2.24) is 9.97 Å². The molecule has 2 aromatic carbocycles. The Hall–Kier alpha value is -2.63. The van der Waals surface area contributed by atoms with E-state index in [0.717, 1.165) is 11.3 Å². The Kier molecular flexibility index (Phi) is 5.16. The first kappa shape index (κ1) is 17.2. The monoisotopic (exact) mass is 372 g/mol. The van der Waals surface area contributed by atoms with Crippen LogP contribution in [0.4, 0.5) is 17.3 Å². The molecule has 1 heterocycles. The molecule has 0 aliphatic carbocycles. The lowest BCUT2D eigenvalue weighted by molar-refractivity contribution is 0.102. The summed E-state index contributed by atoms with van der Waals surface area (Å²) in [4.78, 5) is 20.8. The van der Waals surface area contributed by atoms with Crippen LogP contribution in [0.15, 0.2) is 54.7 Å². The second-order valence-electron chi connectivity index (χ2n) is 5.32. The average molecular weight is 373 g/mol. The van der Waals surface area contributed by atoms with Crippen LogP contribution in [0.1, 0.15) is 16.1 Å². The quantitative estimate of drug-likeness (QED) is 0.669. The zero-order valence-corrected chi connectivity index (χ0v) is 14.8. The van der Waals surface area contributed by atoms with E-state index in [-0.39, 0.29) is 11.6 Å². The molecule has 3 aromatic rings. The Labute approximate surface area is 155 Å². The van der Waals surface area contributed by atoms with Crippen molar-refractivity contribution in [3.8, 4) is 0 Å². The summed E-state index contributed by atoms with van der Waals surface area (Å²) in [5.41, 5.74) is 2.65. The standard InChI is InChI=1S/C18H14Cl2N4O/c1-11-4-2-3-5-15(11)23-18-21-7-6-16(24-18)17(25)22-14-9-12(19)8-13(20)10-14/h2-10H,1H3,(H,22,25)(H,21,23,24). The van der Waals surface area contributed by atoms with E-state index in [1.165, 1.54) is 12.3 Å². The van der Waals surface area contributed by atoms with E-state index in [4.69, 9.17) is 23.2 Å². The molecule has 25 heavy (non-hydrogen) atoms. The molecule has 0 unspecified atom stereocenters. The van der Waals surface area contributed by atoms with E-state index in [1.807, 2.05) is 31.2 Å². The molecule has 126 valence electrons. The molecule has 7 heteroatoms. The van der Waals surface area contributed by atoms with Gasteiger partial charge in [0.2, 0.25) is 5.95 Å². The fourth-order valence-electron chi connectivity index (χ4n) is 2.20. The molecule has 2 N–H and O–H groups in total. The summed E-state index contributed by atoms with van der Waals surface area (Å²) >= 11 is 11.9. The fourth-order valence-corrected chi connectivity index (χ4v) is 2.73. The van der Waals surface area contributed by atoms with E-state index in [0.29, 0.717) is 21.7 Å². The normalized spacial score (nSPS) is 10.4. The number of hydrogen-bond acceptors (Lipinski definition) is 4. The van der Waals surface area contributed by atoms with Crippen molar-refractivity contribution < 1.29 is 4.79 Å². The number of nitrogens with zero attached hydrogens (tertiary/aromatic N) is 2. The first-order valence-corrected chi connectivity index (χ1v) is 8.20. The van der Waals surface area contributed by atoms with Crippen molar-refractivity contribution in [1.29, 1.82) is 0 Å². The second-order valence-corrected chi connectivity index (χ2v) is 6.19. The van der Waals surface area contributed by atoms with Gasteiger partial charge in [-0.05, 0) is 42.8 Å². The third-order valence-electron chi connectivity index (χ3n) is 3.40. The molecule has 0 saturated heterocycles. The number of carbonyl (C=O) groups excluding carboxylic acids is 1. The molecular weight excluding hydrogens is 359 g/mol. The Morgan fingerprint density at radius 1 is 1.04 bits per heavy atom. The van der Waals surface area contributed by atoms with Gasteiger partial charge in [-0.25, -0.2) is 9.97 Å². The fraction of sp³-hybridized carbons (Fsp3) is 0.0556. The lowest BCUT2D eigenvalue weighted by atomic mass is 10.2. The van der Waals surface area contributed by atoms with Gasteiger partial charge in [0.25, 0.3) is 5.91 Å². The van der Waals surface area contributed by atoms with Crippen molar-refractivity contribution in [2.75, 3.05) is 10.6 Å². The van der Waals surface area contributed by atoms with E-state index in [9.17, 15) is 4.79 Å². The zero-order valence-electron chi connectivity index (χ0n) is 13.3. The van der Waals surface area contributed by atoms with E-state index >= 15 is 0 Å². The molecule has 0 aliphatic heterocycles. The Morgan fingerprint density at radius 2 is 1.76 bits per heavy atom. The van der Waals surface area contributed by atoms with Crippen LogP contribution in [0.2, 0.25) is 10.0 Å². The van der Waals surface area contributed by atoms with Crippen molar-refractivity contribution >= 4 is 46.4 Å². The molecule has 0 atom stereocenters. The predicted octanol–water partition coefficient (Wildman–Crippen LogP) is 5.09. The predicted molar refractivity (Wildman–Crippen MR) is 101 cm³/mol. The summed E-state index contributed by atoms with van der Waals surface area (Å²) in [5.74, 6) is -0.0420. The van der Waals surface area contributed by atoms with Crippen molar-refractivity contribution in [3.63, 3.8) is 0 Å². The number of anilines is 3. The number of aryl methyl sites for hydroxylation is 1. The summed E-state index contributed by atoms with van der Waals surface area (Å²) in [7, 11) is 0. The molecule has 1 aromatic heterocycles. The van der Waals surface area contributed by atoms with Crippen LogP contribution < -0.4 is 10.6 Å². The van der Waals surface area contributed by atoms with Gasteiger partial charge in [0.1, 0.15) is 5.69 Å². The van der Waals surface area contributed by atoms with E-state index < -0.39 is 0 Å². The van der Waals surface area contributed by atoms with Crippen LogP contribution >= 0.6 is 23.2 Å². The second kappa shape index (κ2) is 7.51. The number of rotatable bonds is 4. The van der Waals surface area contributed by atoms with Gasteiger partial charge in [-0.3, -0.25) is 4.79 Å². The number of aromatic nitrogens is 2. The maximum absolute atomic E-state index is 12.4. The zero-order chi connectivity index (χ0) is 17.8. The lowest BCUT2D eigenvalue weighted by Crippen LogP contribution is -2.14. The first-order valence-electron chi connectivity index (χ1n) is 7.44. The number of amides is 1. The topological polar surface area (TPSA) is 66.9 Å². The molecule has 5 nitrogen and oxygen atoms in total. The third-order valence-corrected chi connectivity index (χ3v) is 3.84. The average Bonchev–Trinajstić information content (AvgIpc) is 2.56. The Morgan fingerprint density at radius 3 is 2.48 bits per heavy atom. The minimum atomic E-state index is -0.381. The summed E-state index contributed by atoms with van der Waals surface area (Å²) in [5, 5.41) is 6.70. The van der Waals surface area contributed by atoms with Crippen molar-refractivity contribution in [2.45, 2.75) is 6.92 Å². The van der Waals surface area contributed by atoms with Crippen molar-refractivity contribution in [3.05, 3.63) is 76.0 Å². The van der Waals surface area contributed by atoms with Gasteiger partial charge in [0, 0.05) is 27.6 Å². The highest BCUT2D eigenvalue weighted by molar-refractivity contribution is 6.35. The van der Waals surface area contributed by atoms with Crippen molar-refractivity contribution in [2.24, 2.45) is 0 Å². The highest BCUT2D eigenvalue weighted by Crippen LogP contribution is 2.23. The smallest absolute Gasteiger partial charge is 0.274 e. The van der Waals surface area contributed by atoms with Gasteiger partial charge in [-0.1, -0.05) is 41.4 Å². The number of carbonyl (C=O) groups is 1. The number of nitrogens with one attached hydrogen (secondary N) is 2. The number of hydrogen-bond donors (Lipinski definition) is 2.